The second-order valence-corrected chi connectivity index (χ2v) is 4.34. The van der Waals surface area contributed by atoms with Gasteiger partial charge in [-0.3, -0.25) is 0 Å². The molecule has 70 valence electrons. The monoisotopic (exact) mass is 174 g/mol. The molecule has 0 aromatic heterocycles. The summed E-state index contributed by atoms with van der Waals surface area (Å²) in [5.74, 6) is 1.70. The van der Waals surface area contributed by atoms with Gasteiger partial charge in [0.15, 0.2) is 0 Å². The fourth-order valence-electron chi connectivity index (χ4n) is 2.83. The molecule has 0 amide bonds. The molecule has 13 heavy (non-hydrogen) atoms. The topological polar surface area (TPSA) is 0 Å². The van der Waals surface area contributed by atoms with Crippen LogP contribution in [0.4, 0.5) is 0 Å². The van der Waals surface area contributed by atoms with Crippen LogP contribution in [0, 0.1) is 17.3 Å². The van der Waals surface area contributed by atoms with Crippen molar-refractivity contribution in [2.75, 3.05) is 0 Å². The molecule has 0 spiro atoms. The van der Waals surface area contributed by atoms with E-state index in [9.17, 15) is 0 Å². The Hall–Kier alpha value is -0.700. The molecule has 0 radical (unpaired) electrons. The van der Waals surface area contributed by atoms with Crippen molar-refractivity contribution >= 4 is 0 Å². The summed E-state index contributed by atoms with van der Waals surface area (Å²) in [7, 11) is 0. The van der Waals surface area contributed by atoms with Crippen LogP contribution in [0.3, 0.4) is 0 Å². The van der Waals surface area contributed by atoms with Gasteiger partial charge in [-0.15, -0.1) is 0 Å². The molecule has 0 bridgehead atoms. The normalized spacial score (nSPS) is 39.2. The molecular weight excluding hydrogens is 156 g/mol. The zero-order chi connectivity index (χ0) is 9.31. The van der Waals surface area contributed by atoms with E-state index < -0.39 is 0 Å². The highest BCUT2D eigenvalue weighted by Gasteiger charge is 2.60. The van der Waals surface area contributed by atoms with E-state index in [1.807, 2.05) is 0 Å². The van der Waals surface area contributed by atoms with Gasteiger partial charge in [0, 0.05) is 5.41 Å². The summed E-state index contributed by atoms with van der Waals surface area (Å²) >= 11 is 0. The highest BCUT2D eigenvalue weighted by molar-refractivity contribution is 5.27. The predicted molar refractivity (Wildman–Crippen MR) is 55.4 cm³/mol. The van der Waals surface area contributed by atoms with Crippen LogP contribution in [0.5, 0.6) is 0 Å². The van der Waals surface area contributed by atoms with Crippen LogP contribution < -0.4 is 0 Å². The second-order valence-electron chi connectivity index (χ2n) is 4.34. The van der Waals surface area contributed by atoms with E-state index in [-0.39, 0.29) is 0 Å². The Labute approximate surface area is 81.0 Å². The molecule has 0 aliphatic heterocycles. The minimum Gasteiger partial charge on any atom is -0.0746 e. The van der Waals surface area contributed by atoms with Gasteiger partial charge in [0.1, 0.15) is 0 Å². The Balaban J connectivity index is 2.04. The lowest BCUT2D eigenvalue weighted by Gasteiger charge is -2.08. The van der Waals surface area contributed by atoms with Crippen molar-refractivity contribution in [1.82, 2.24) is 0 Å². The molecule has 0 nitrogen and oxygen atoms in total. The first-order valence-corrected chi connectivity index (χ1v) is 5.54. The third kappa shape index (κ3) is 1.22. The Morgan fingerprint density at radius 2 is 2.15 bits per heavy atom. The Bertz CT molecular complexity index is 287. The summed E-state index contributed by atoms with van der Waals surface area (Å²) in [6.07, 6.45) is 9.89. The smallest absolute Gasteiger partial charge is 0.00677 e. The van der Waals surface area contributed by atoms with Crippen molar-refractivity contribution < 1.29 is 0 Å². The summed E-state index contributed by atoms with van der Waals surface area (Å²) < 4.78 is 0. The molecule has 1 fully saturated rings. The summed E-state index contributed by atoms with van der Waals surface area (Å²) in [6, 6.07) is 0. The SMILES string of the molecule is CCCCC1C2C=C=C=CC21CC. The minimum atomic E-state index is 0.500. The molecule has 0 heteroatoms. The van der Waals surface area contributed by atoms with E-state index in [0.29, 0.717) is 5.41 Å². The van der Waals surface area contributed by atoms with Crippen LogP contribution in [0.15, 0.2) is 23.6 Å². The van der Waals surface area contributed by atoms with Gasteiger partial charge in [0.2, 0.25) is 0 Å². The van der Waals surface area contributed by atoms with Crippen LogP contribution in [-0.4, -0.2) is 0 Å². The van der Waals surface area contributed by atoms with Crippen LogP contribution in [0.25, 0.3) is 0 Å². The summed E-state index contributed by atoms with van der Waals surface area (Å²) in [5.41, 5.74) is 6.76. The average Bonchev–Trinajstić information content (AvgIpc) is 2.84. The molecule has 1 saturated carbocycles. The Kier molecular flexibility index (Phi) is 2.20. The zero-order valence-corrected chi connectivity index (χ0v) is 8.64. The summed E-state index contributed by atoms with van der Waals surface area (Å²) in [4.78, 5) is 0. The first-order chi connectivity index (χ1) is 6.35. The third-order valence-corrected chi connectivity index (χ3v) is 3.80. The van der Waals surface area contributed by atoms with E-state index in [4.69, 9.17) is 0 Å². The quantitative estimate of drug-likeness (QED) is 0.570. The van der Waals surface area contributed by atoms with E-state index in [0.717, 1.165) is 11.8 Å². The number of hydrogen-bond donors (Lipinski definition) is 0. The number of hydrogen-bond acceptors (Lipinski definition) is 0. The molecule has 0 saturated heterocycles. The molecule has 3 unspecified atom stereocenters. The molecule has 0 aromatic carbocycles. The summed E-state index contributed by atoms with van der Waals surface area (Å²) in [6.45, 7) is 4.57. The van der Waals surface area contributed by atoms with E-state index in [1.54, 1.807) is 0 Å². The van der Waals surface area contributed by atoms with Gasteiger partial charge < -0.3 is 0 Å². The maximum atomic E-state index is 3.14. The summed E-state index contributed by atoms with van der Waals surface area (Å²) in [5, 5.41) is 0. The number of unbranched alkanes of at least 4 members (excludes halogenated alkanes) is 1. The standard InChI is InChI=1S/C13H18/c1-3-5-8-11-12-9-6-7-10-13(11,12)4-2/h9-12H,3-5,8H2,1-2H3. The lowest BCUT2D eigenvalue weighted by atomic mass is 9.95. The van der Waals surface area contributed by atoms with Crippen molar-refractivity contribution in [2.24, 2.45) is 17.3 Å². The van der Waals surface area contributed by atoms with E-state index in [2.05, 4.69) is 37.5 Å². The van der Waals surface area contributed by atoms with E-state index in [1.165, 1.54) is 25.7 Å². The molecule has 0 heterocycles. The predicted octanol–water partition coefficient (Wildman–Crippen LogP) is 3.70. The molecule has 3 atom stereocenters. The van der Waals surface area contributed by atoms with Gasteiger partial charge >= 0.3 is 0 Å². The number of fused-ring (bicyclic) bond motifs is 1. The maximum absolute atomic E-state index is 3.14. The Morgan fingerprint density at radius 1 is 1.31 bits per heavy atom. The van der Waals surface area contributed by atoms with Crippen LogP contribution >= 0.6 is 0 Å². The van der Waals surface area contributed by atoms with Gasteiger partial charge in [-0.05, 0) is 36.8 Å². The Morgan fingerprint density at radius 3 is 2.77 bits per heavy atom. The van der Waals surface area contributed by atoms with Gasteiger partial charge in [-0.1, -0.05) is 38.2 Å². The molecular formula is C13H18. The maximum Gasteiger partial charge on any atom is 0.00677 e. The number of allylic oxidation sites excluding steroid dienone is 2. The van der Waals surface area contributed by atoms with Gasteiger partial charge in [0.25, 0.3) is 0 Å². The first-order valence-electron chi connectivity index (χ1n) is 5.54. The molecule has 0 N–H and O–H groups in total. The average molecular weight is 174 g/mol. The molecule has 2 aliphatic rings. The lowest BCUT2D eigenvalue weighted by molar-refractivity contribution is 0.506. The van der Waals surface area contributed by atoms with Crippen LogP contribution in [-0.2, 0) is 0 Å². The molecule has 2 aliphatic carbocycles. The van der Waals surface area contributed by atoms with E-state index >= 15 is 0 Å². The third-order valence-electron chi connectivity index (χ3n) is 3.80. The largest absolute Gasteiger partial charge is 0.0746 e. The fourth-order valence-corrected chi connectivity index (χ4v) is 2.83. The highest BCUT2D eigenvalue weighted by atomic mass is 14.6. The zero-order valence-electron chi connectivity index (χ0n) is 8.64. The fraction of sp³-hybridized carbons (Fsp3) is 0.692. The highest BCUT2D eigenvalue weighted by Crippen LogP contribution is 2.65. The van der Waals surface area contributed by atoms with Crippen molar-refractivity contribution in [1.29, 1.82) is 0 Å². The molecule has 0 aromatic rings. The van der Waals surface area contributed by atoms with Crippen molar-refractivity contribution in [3.8, 4) is 0 Å². The van der Waals surface area contributed by atoms with Gasteiger partial charge in [0.05, 0.1) is 0 Å². The first kappa shape index (κ1) is 8.88. The van der Waals surface area contributed by atoms with Crippen molar-refractivity contribution in [3.05, 3.63) is 23.6 Å². The van der Waals surface area contributed by atoms with Crippen molar-refractivity contribution in [2.45, 2.75) is 39.5 Å². The second kappa shape index (κ2) is 3.22. The molecule has 2 rings (SSSR count). The number of rotatable bonds is 4. The van der Waals surface area contributed by atoms with Gasteiger partial charge in [-0.25, -0.2) is 0 Å². The minimum absolute atomic E-state index is 0.500. The van der Waals surface area contributed by atoms with Crippen LogP contribution in [0.1, 0.15) is 39.5 Å². The van der Waals surface area contributed by atoms with Crippen molar-refractivity contribution in [3.63, 3.8) is 0 Å². The van der Waals surface area contributed by atoms with Gasteiger partial charge in [-0.2, -0.15) is 0 Å². The van der Waals surface area contributed by atoms with Crippen LogP contribution in [0.2, 0.25) is 0 Å². The lowest BCUT2D eigenvalue weighted by Crippen LogP contribution is -1.99.